The molecule has 0 fully saturated rings. The fourth-order valence-corrected chi connectivity index (χ4v) is 2.78. The normalized spacial score (nSPS) is 10.9. The molecule has 1 aromatic heterocycles. The number of rotatable bonds is 2. The minimum atomic E-state index is -0.629. The smallest absolute Gasteiger partial charge is 0.188 e. The van der Waals surface area contributed by atoms with E-state index in [1.807, 2.05) is 25.1 Å². The highest BCUT2D eigenvalue weighted by Gasteiger charge is 2.11. The Hall–Kier alpha value is -2.01. The van der Waals surface area contributed by atoms with Crippen LogP contribution in [0.15, 0.2) is 36.4 Å². The Morgan fingerprint density at radius 1 is 1.11 bits per heavy atom. The van der Waals surface area contributed by atoms with Crippen LogP contribution in [0.4, 0.5) is 19.6 Å². The monoisotopic (exact) mass is 276 g/mol. The molecule has 0 atom stereocenters. The molecule has 0 aliphatic heterocycles. The number of aromatic nitrogens is 1. The Bertz CT molecular complexity index is 732. The zero-order chi connectivity index (χ0) is 13.4. The summed E-state index contributed by atoms with van der Waals surface area (Å²) in [6.07, 6.45) is 0. The van der Waals surface area contributed by atoms with Crippen molar-refractivity contribution < 1.29 is 8.78 Å². The summed E-state index contributed by atoms with van der Waals surface area (Å²) < 4.78 is 28.0. The number of aryl methyl sites for hydroxylation is 1. The summed E-state index contributed by atoms with van der Waals surface area (Å²) in [7, 11) is 0. The van der Waals surface area contributed by atoms with Crippen LogP contribution < -0.4 is 5.32 Å². The number of anilines is 2. The molecule has 1 N–H and O–H groups in total. The number of hydrogen-bond donors (Lipinski definition) is 1. The second kappa shape index (κ2) is 4.59. The Kier molecular flexibility index (Phi) is 2.91. The van der Waals surface area contributed by atoms with Crippen LogP contribution >= 0.6 is 11.3 Å². The lowest BCUT2D eigenvalue weighted by Crippen LogP contribution is -1.96. The van der Waals surface area contributed by atoms with Gasteiger partial charge in [-0.2, -0.15) is 0 Å². The van der Waals surface area contributed by atoms with Crippen LogP contribution in [0, 0.1) is 18.6 Å². The third-order valence-electron chi connectivity index (χ3n) is 2.74. The van der Waals surface area contributed by atoms with Crippen molar-refractivity contribution >= 4 is 32.4 Å². The van der Waals surface area contributed by atoms with E-state index >= 15 is 0 Å². The van der Waals surface area contributed by atoms with Gasteiger partial charge in [-0.15, -0.1) is 0 Å². The van der Waals surface area contributed by atoms with Crippen LogP contribution in [0.5, 0.6) is 0 Å². The summed E-state index contributed by atoms with van der Waals surface area (Å²) in [5.74, 6) is -1.26. The fraction of sp³-hybridized carbons (Fsp3) is 0.0714. The van der Waals surface area contributed by atoms with Crippen molar-refractivity contribution in [3.05, 3.63) is 53.6 Å². The molecule has 96 valence electrons. The van der Waals surface area contributed by atoms with Gasteiger partial charge in [-0.1, -0.05) is 23.5 Å². The molecule has 0 spiro atoms. The van der Waals surface area contributed by atoms with Crippen molar-refractivity contribution in [2.24, 2.45) is 0 Å². The van der Waals surface area contributed by atoms with Crippen molar-refractivity contribution in [1.29, 1.82) is 0 Å². The largest absolute Gasteiger partial charge is 0.327 e. The van der Waals surface area contributed by atoms with Crippen LogP contribution in [0.1, 0.15) is 5.56 Å². The molecule has 0 aliphatic rings. The molecule has 0 bridgehead atoms. The van der Waals surface area contributed by atoms with E-state index in [9.17, 15) is 8.78 Å². The summed E-state index contributed by atoms with van der Waals surface area (Å²) in [4.78, 5) is 4.31. The van der Waals surface area contributed by atoms with Gasteiger partial charge in [0.1, 0.15) is 17.3 Å². The summed E-state index contributed by atoms with van der Waals surface area (Å²) in [6, 6.07) is 9.60. The van der Waals surface area contributed by atoms with Gasteiger partial charge in [0.2, 0.25) is 0 Å². The molecule has 0 amide bonds. The zero-order valence-corrected chi connectivity index (χ0v) is 10.9. The highest BCUT2D eigenvalue weighted by Crippen LogP contribution is 2.30. The predicted octanol–water partition coefficient (Wildman–Crippen LogP) is 4.63. The molecule has 2 nitrogen and oxygen atoms in total. The molecule has 0 saturated heterocycles. The first-order chi connectivity index (χ1) is 9.13. The molecule has 0 unspecified atom stereocenters. The van der Waals surface area contributed by atoms with Crippen LogP contribution in [0.2, 0.25) is 0 Å². The molecular weight excluding hydrogens is 266 g/mol. The first-order valence-corrected chi connectivity index (χ1v) is 6.53. The van der Waals surface area contributed by atoms with Crippen molar-refractivity contribution in [2.75, 3.05) is 5.32 Å². The Balaban J connectivity index is 2.01. The first kappa shape index (κ1) is 12.0. The first-order valence-electron chi connectivity index (χ1n) is 5.72. The van der Waals surface area contributed by atoms with Gasteiger partial charge in [-0.3, -0.25) is 0 Å². The molecule has 1 heterocycles. The van der Waals surface area contributed by atoms with Crippen molar-refractivity contribution in [3.63, 3.8) is 0 Å². The molecule has 0 aliphatic carbocycles. The van der Waals surface area contributed by atoms with Gasteiger partial charge in [-0.25, -0.2) is 13.8 Å². The van der Waals surface area contributed by atoms with Gasteiger partial charge in [-0.05, 0) is 36.8 Å². The van der Waals surface area contributed by atoms with Crippen LogP contribution in [-0.2, 0) is 0 Å². The zero-order valence-electron chi connectivity index (χ0n) is 10.1. The van der Waals surface area contributed by atoms with Gasteiger partial charge in [0, 0.05) is 0 Å². The topological polar surface area (TPSA) is 24.9 Å². The number of fused-ring (bicyclic) bond motifs is 1. The van der Waals surface area contributed by atoms with Gasteiger partial charge in [0.15, 0.2) is 5.13 Å². The average molecular weight is 276 g/mol. The minimum absolute atomic E-state index is 0.168. The second-order valence-corrected chi connectivity index (χ2v) is 5.24. The third kappa shape index (κ3) is 2.29. The highest BCUT2D eigenvalue weighted by molar-refractivity contribution is 7.22. The molecule has 2 aromatic carbocycles. The van der Waals surface area contributed by atoms with E-state index in [1.165, 1.54) is 29.5 Å². The molecular formula is C14H10F2N2S. The Morgan fingerprint density at radius 3 is 2.58 bits per heavy atom. The number of benzene rings is 2. The van der Waals surface area contributed by atoms with Gasteiger partial charge < -0.3 is 5.32 Å². The third-order valence-corrected chi connectivity index (χ3v) is 3.67. The number of halogens is 2. The van der Waals surface area contributed by atoms with E-state index in [0.717, 1.165) is 15.8 Å². The molecule has 0 radical (unpaired) electrons. The molecule has 0 saturated carbocycles. The number of nitrogens with zero attached hydrogens (tertiary/aromatic N) is 1. The number of nitrogens with one attached hydrogen (secondary N) is 1. The lowest BCUT2D eigenvalue weighted by Gasteiger charge is -2.04. The Morgan fingerprint density at radius 2 is 1.84 bits per heavy atom. The number of para-hydroxylation sites is 1. The molecule has 5 heteroatoms. The lowest BCUT2D eigenvalue weighted by molar-refractivity contribution is 0.591. The summed E-state index contributed by atoms with van der Waals surface area (Å²) in [6.45, 7) is 1.99. The van der Waals surface area contributed by atoms with Gasteiger partial charge >= 0.3 is 0 Å². The van der Waals surface area contributed by atoms with Gasteiger partial charge in [0.05, 0.1) is 10.2 Å². The van der Waals surface area contributed by atoms with Crippen molar-refractivity contribution in [1.82, 2.24) is 4.98 Å². The molecule has 3 rings (SSSR count). The lowest BCUT2D eigenvalue weighted by atomic mass is 10.2. The summed E-state index contributed by atoms with van der Waals surface area (Å²) >= 11 is 1.37. The quantitative estimate of drug-likeness (QED) is 0.738. The standard InChI is InChI=1S/C14H10F2N2S/c1-8-5-6-11-12(7-8)19-14(17-11)18-13-9(15)3-2-4-10(13)16/h2-7H,1H3,(H,17,18). The number of hydrogen-bond acceptors (Lipinski definition) is 3. The maximum absolute atomic E-state index is 13.5. The highest BCUT2D eigenvalue weighted by atomic mass is 32.1. The molecule has 3 aromatic rings. The average Bonchev–Trinajstić information content (AvgIpc) is 2.75. The summed E-state index contributed by atoms with van der Waals surface area (Å²) in [5, 5.41) is 3.18. The maximum atomic E-state index is 13.5. The second-order valence-electron chi connectivity index (χ2n) is 4.21. The predicted molar refractivity (Wildman–Crippen MR) is 74.0 cm³/mol. The van der Waals surface area contributed by atoms with E-state index in [-0.39, 0.29) is 5.69 Å². The van der Waals surface area contributed by atoms with Crippen LogP contribution in [-0.4, -0.2) is 4.98 Å². The van der Waals surface area contributed by atoms with E-state index in [1.54, 1.807) is 0 Å². The summed E-state index contributed by atoms with van der Waals surface area (Å²) in [5.41, 5.74) is 1.77. The maximum Gasteiger partial charge on any atom is 0.188 e. The van der Waals surface area contributed by atoms with E-state index in [4.69, 9.17) is 0 Å². The van der Waals surface area contributed by atoms with Gasteiger partial charge in [0.25, 0.3) is 0 Å². The molecule has 19 heavy (non-hydrogen) atoms. The van der Waals surface area contributed by atoms with Crippen LogP contribution in [0.25, 0.3) is 10.2 Å². The van der Waals surface area contributed by atoms with E-state index in [2.05, 4.69) is 10.3 Å². The Labute approximate surface area is 112 Å². The SMILES string of the molecule is Cc1ccc2nc(Nc3c(F)cccc3F)sc2c1. The fourth-order valence-electron chi connectivity index (χ4n) is 1.81. The van der Waals surface area contributed by atoms with E-state index in [0.29, 0.717) is 5.13 Å². The van der Waals surface area contributed by atoms with Crippen molar-refractivity contribution in [2.45, 2.75) is 6.92 Å². The van der Waals surface area contributed by atoms with E-state index < -0.39 is 11.6 Å². The minimum Gasteiger partial charge on any atom is -0.327 e. The number of thiazole rings is 1. The van der Waals surface area contributed by atoms with Crippen molar-refractivity contribution in [3.8, 4) is 0 Å². The van der Waals surface area contributed by atoms with Crippen LogP contribution in [0.3, 0.4) is 0 Å².